The fourth-order valence-electron chi connectivity index (χ4n) is 3.59. The summed E-state index contributed by atoms with van der Waals surface area (Å²) in [5, 5.41) is 0. The molecule has 0 atom stereocenters. The van der Waals surface area contributed by atoms with Gasteiger partial charge in [-0.15, -0.1) is 0 Å². The molecule has 0 unspecified atom stereocenters. The number of methoxy groups -OCH3 is 1. The molecule has 0 aliphatic heterocycles. The number of nitrogens with zero attached hydrogens (tertiary/aromatic N) is 3. The molecule has 1 heterocycles. The average Bonchev–Trinajstić information content (AvgIpc) is 2.74. The second-order valence-electron chi connectivity index (χ2n) is 7.09. The standard InChI is InChI=1S/C21H27N5O2/c1-26(17-6-4-3-5-7-17)21(23)25-19-9-8-14(10-16(19)13-27)15-11-18(22)20(28-2)24-12-15/h8-13,17H,3-7,22H2,1-2H3,(H2,23,25). The Morgan fingerprint density at radius 2 is 2.00 bits per heavy atom. The lowest BCUT2D eigenvalue weighted by Gasteiger charge is -2.31. The minimum atomic E-state index is 0.374. The van der Waals surface area contributed by atoms with Crippen LogP contribution < -0.4 is 16.2 Å². The van der Waals surface area contributed by atoms with Crippen LogP contribution in [0.25, 0.3) is 11.1 Å². The van der Waals surface area contributed by atoms with Gasteiger partial charge in [0.15, 0.2) is 12.2 Å². The number of nitrogens with two attached hydrogens (primary N) is 2. The van der Waals surface area contributed by atoms with Gasteiger partial charge in [-0.3, -0.25) is 4.79 Å². The second-order valence-corrected chi connectivity index (χ2v) is 7.09. The van der Waals surface area contributed by atoms with Crippen molar-refractivity contribution in [2.45, 2.75) is 38.1 Å². The van der Waals surface area contributed by atoms with Gasteiger partial charge in [0.2, 0.25) is 5.88 Å². The van der Waals surface area contributed by atoms with Gasteiger partial charge in [-0.1, -0.05) is 25.3 Å². The summed E-state index contributed by atoms with van der Waals surface area (Å²) in [7, 11) is 3.49. The molecule has 3 rings (SSSR count). The molecule has 0 spiro atoms. The lowest BCUT2D eigenvalue weighted by atomic mass is 9.95. The van der Waals surface area contributed by atoms with Crippen LogP contribution in [0, 0.1) is 0 Å². The normalized spacial score (nSPS) is 15.3. The number of hydrogen-bond acceptors (Lipinski definition) is 5. The maximum absolute atomic E-state index is 11.6. The first-order valence-electron chi connectivity index (χ1n) is 9.49. The molecule has 4 N–H and O–H groups in total. The lowest BCUT2D eigenvalue weighted by Crippen LogP contribution is -2.42. The zero-order valence-corrected chi connectivity index (χ0v) is 16.4. The number of hydrogen-bond donors (Lipinski definition) is 2. The van der Waals surface area contributed by atoms with Gasteiger partial charge in [-0.25, -0.2) is 9.98 Å². The number of anilines is 1. The van der Waals surface area contributed by atoms with Crippen LogP contribution in [0.5, 0.6) is 5.88 Å². The molecular weight excluding hydrogens is 354 g/mol. The predicted octanol–water partition coefficient (Wildman–Crippen LogP) is 3.36. The van der Waals surface area contributed by atoms with Crippen LogP contribution >= 0.6 is 0 Å². The van der Waals surface area contributed by atoms with Gasteiger partial charge in [0.25, 0.3) is 0 Å². The second kappa shape index (κ2) is 8.73. The first-order chi connectivity index (χ1) is 13.5. The number of aldehydes is 1. The molecule has 0 saturated heterocycles. The minimum absolute atomic E-state index is 0.374. The van der Waals surface area contributed by atoms with Crippen LogP contribution in [0.1, 0.15) is 42.5 Å². The maximum atomic E-state index is 11.6. The lowest BCUT2D eigenvalue weighted by molar-refractivity contribution is 0.112. The molecule has 1 aliphatic carbocycles. The van der Waals surface area contributed by atoms with Gasteiger partial charge in [0.05, 0.1) is 18.5 Å². The number of carbonyl (C=O) groups excluding carboxylic acids is 1. The molecule has 7 heteroatoms. The first kappa shape index (κ1) is 19.7. The molecule has 1 saturated carbocycles. The number of pyridine rings is 1. The van der Waals surface area contributed by atoms with E-state index in [1.54, 1.807) is 24.4 Å². The van der Waals surface area contributed by atoms with Crippen molar-refractivity contribution in [3.8, 4) is 17.0 Å². The van der Waals surface area contributed by atoms with E-state index in [9.17, 15) is 4.79 Å². The van der Waals surface area contributed by atoms with Gasteiger partial charge in [0, 0.05) is 30.4 Å². The zero-order chi connectivity index (χ0) is 20.1. The average molecular weight is 381 g/mol. The number of nitrogen functional groups attached to an aromatic ring is 1. The van der Waals surface area contributed by atoms with E-state index in [1.807, 2.05) is 18.0 Å². The van der Waals surface area contributed by atoms with Gasteiger partial charge in [0.1, 0.15) is 0 Å². The van der Waals surface area contributed by atoms with Crippen LogP contribution in [0.4, 0.5) is 11.4 Å². The summed E-state index contributed by atoms with van der Waals surface area (Å²) in [6, 6.07) is 7.61. The van der Waals surface area contributed by atoms with Crippen LogP contribution in [0.15, 0.2) is 35.5 Å². The summed E-state index contributed by atoms with van der Waals surface area (Å²) < 4.78 is 5.09. The third-order valence-corrected chi connectivity index (χ3v) is 5.28. The molecule has 28 heavy (non-hydrogen) atoms. The Hall–Kier alpha value is -3.09. The van der Waals surface area contributed by atoms with Crippen LogP contribution in [0.3, 0.4) is 0 Å². The number of aliphatic imine (C=N–C) groups is 1. The number of guanidine groups is 1. The number of rotatable bonds is 5. The third-order valence-electron chi connectivity index (χ3n) is 5.28. The quantitative estimate of drug-likeness (QED) is 0.467. The van der Waals surface area contributed by atoms with E-state index in [2.05, 4.69) is 9.98 Å². The summed E-state index contributed by atoms with van der Waals surface area (Å²) in [5.41, 5.74) is 15.2. The highest BCUT2D eigenvalue weighted by molar-refractivity contribution is 5.90. The third kappa shape index (κ3) is 4.24. The molecule has 1 fully saturated rings. The minimum Gasteiger partial charge on any atom is -0.480 e. The van der Waals surface area contributed by atoms with Crippen molar-refractivity contribution in [2.24, 2.45) is 10.7 Å². The molecule has 1 aliphatic rings. The Kier molecular flexibility index (Phi) is 6.13. The summed E-state index contributed by atoms with van der Waals surface area (Å²) >= 11 is 0. The number of aromatic nitrogens is 1. The summed E-state index contributed by atoms with van der Waals surface area (Å²) in [6.45, 7) is 0. The van der Waals surface area contributed by atoms with Gasteiger partial charge in [-0.2, -0.15) is 0 Å². The van der Waals surface area contributed by atoms with Crippen molar-refractivity contribution in [2.75, 3.05) is 19.9 Å². The van der Waals surface area contributed by atoms with Crippen LogP contribution in [0.2, 0.25) is 0 Å². The maximum Gasteiger partial charge on any atom is 0.236 e. The molecule has 0 amide bonds. The Morgan fingerprint density at radius 3 is 2.64 bits per heavy atom. The summed E-state index contributed by atoms with van der Waals surface area (Å²) in [4.78, 5) is 22.4. The molecule has 7 nitrogen and oxygen atoms in total. The molecule has 1 aromatic heterocycles. The monoisotopic (exact) mass is 381 g/mol. The van der Waals surface area contributed by atoms with E-state index in [0.717, 1.165) is 30.3 Å². The largest absolute Gasteiger partial charge is 0.480 e. The summed E-state index contributed by atoms with van der Waals surface area (Å²) in [6.07, 6.45) is 8.41. The van der Waals surface area contributed by atoms with Crippen LogP contribution in [-0.4, -0.2) is 42.3 Å². The summed E-state index contributed by atoms with van der Waals surface area (Å²) in [5.74, 6) is 0.803. The number of benzene rings is 1. The van der Waals surface area contributed by atoms with Gasteiger partial charge in [-0.05, 0) is 36.6 Å². The molecule has 0 bridgehead atoms. The van der Waals surface area contributed by atoms with E-state index >= 15 is 0 Å². The van der Waals surface area contributed by atoms with Crippen molar-refractivity contribution >= 4 is 23.6 Å². The van der Waals surface area contributed by atoms with E-state index in [0.29, 0.717) is 34.8 Å². The van der Waals surface area contributed by atoms with Gasteiger partial charge >= 0.3 is 0 Å². The van der Waals surface area contributed by atoms with Crippen molar-refractivity contribution in [3.63, 3.8) is 0 Å². The Morgan fingerprint density at radius 1 is 1.25 bits per heavy atom. The van der Waals surface area contributed by atoms with E-state index in [1.165, 1.54) is 26.4 Å². The van der Waals surface area contributed by atoms with Crippen LogP contribution in [-0.2, 0) is 0 Å². The zero-order valence-electron chi connectivity index (χ0n) is 16.4. The Bertz CT molecular complexity index is 875. The Labute approximate surface area is 165 Å². The van der Waals surface area contributed by atoms with Crippen molar-refractivity contribution in [1.82, 2.24) is 9.88 Å². The van der Waals surface area contributed by atoms with Gasteiger partial charge < -0.3 is 21.1 Å². The fraction of sp³-hybridized carbons (Fsp3) is 0.381. The van der Waals surface area contributed by atoms with Crippen molar-refractivity contribution in [1.29, 1.82) is 0 Å². The smallest absolute Gasteiger partial charge is 0.236 e. The highest BCUT2D eigenvalue weighted by Gasteiger charge is 2.19. The SMILES string of the molecule is COc1ncc(-c2ccc(N=C(N)N(C)C3CCCCC3)c(C=O)c2)cc1N. The molecule has 0 radical (unpaired) electrons. The highest BCUT2D eigenvalue weighted by atomic mass is 16.5. The molecule has 2 aromatic rings. The fourth-order valence-corrected chi connectivity index (χ4v) is 3.59. The molecule has 1 aromatic carbocycles. The highest BCUT2D eigenvalue weighted by Crippen LogP contribution is 2.30. The number of carbonyl (C=O) groups is 1. The first-order valence-corrected chi connectivity index (χ1v) is 9.49. The van der Waals surface area contributed by atoms with E-state index in [4.69, 9.17) is 16.2 Å². The van der Waals surface area contributed by atoms with Crippen molar-refractivity contribution in [3.05, 3.63) is 36.0 Å². The number of ether oxygens (including phenoxy) is 1. The molecular formula is C21H27N5O2. The van der Waals surface area contributed by atoms with E-state index < -0.39 is 0 Å². The van der Waals surface area contributed by atoms with Crippen molar-refractivity contribution < 1.29 is 9.53 Å². The predicted molar refractivity (Wildman–Crippen MR) is 112 cm³/mol. The van der Waals surface area contributed by atoms with E-state index in [-0.39, 0.29) is 0 Å². The Balaban J connectivity index is 1.86. The molecule has 148 valence electrons. The topological polar surface area (TPSA) is 107 Å².